The van der Waals surface area contributed by atoms with Gasteiger partial charge in [0.25, 0.3) is 5.91 Å². The minimum absolute atomic E-state index is 0.162. The van der Waals surface area contributed by atoms with Crippen molar-refractivity contribution in [3.8, 4) is 0 Å². The van der Waals surface area contributed by atoms with Crippen LogP contribution in [0, 0.1) is 24.0 Å². The van der Waals surface area contributed by atoms with Gasteiger partial charge in [-0.1, -0.05) is 0 Å². The lowest BCUT2D eigenvalue weighted by Crippen LogP contribution is -2.28. The molecule has 0 atom stereocenters. The van der Waals surface area contributed by atoms with Crippen molar-refractivity contribution in [2.45, 2.75) is 20.8 Å². The molecule has 0 aliphatic carbocycles. The van der Waals surface area contributed by atoms with Crippen molar-refractivity contribution in [1.82, 2.24) is 9.88 Å². The third-order valence-electron chi connectivity index (χ3n) is 2.61. The largest absolute Gasteiger partial charge is 0.363 e. The molecule has 1 rings (SSSR count). The molecule has 0 saturated heterocycles. The van der Waals surface area contributed by atoms with Gasteiger partial charge in [-0.05, 0) is 29.3 Å². The number of pyridine rings is 1. The van der Waals surface area contributed by atoms with E-state index in [2.05, 4.69) is 4.98 Å². The molecule has 0 radical (unpaired) electrons. The van der Waals surface area contributed by atoms with Crippen molar-refractivity contribution in [1.29, 1.82) is 0 Å². The summed E-state index contributed by atoms with van der Waals surface area (Å²) in [7, 11) is 1.68. The summed E-state index contributed by atoms with van der Waals surface area (Å²) >= 11 is 0. The zero-order valence-electron chi connectivity index (χ0n) is 10.4. The zero-order valence-corrected chi connectivity index (χ0v) is 10.4. The smallest absolute Gasteiger partial charge is 0.358 e. The van der Waals surface area contributed by atoms with Crippen LogP contribution in [0.15, 0.2) is 6.07 Å². The van der Waals surface area contributed by atoms with E-state index in [1.807, 2.05) is 6.92 Å². The first-order valence-electron chi connectivity index (χ1n) is 5.26. The maximum Gasteiger partial charge on any atom is 0.363 e. The van der Waals surface area contributed by atoms with Crippen molar-refractivity contribution in [3.63, 3.8) is 0 Å². The maximum atomic E-state index is 12.0. The highest BCUT2D eigenvalue weighted by molar-refractivity contribution is 5.96. The van der Waals surface area contributed by atoms with Crippen molar-refractivity contribution in [2.75, 3.05) is 13.6 Å². The molecule has 0 N–H and O–H groups in total. The lowest BCUT2D eigenvalue weighted by molar-refractivity contribution is -0.389. The molecule has 0 aromatic carbocycles. The minimum Gasteiger partial charge on any atom is -0.358 e. The summed E-state index contributed by atoms with van der Waals surface area (Å²) in [4.78, 5) is 27.5. The molecule has 6 nitrogen and oxygen atoms in total. The molecule has 1 heterocycles. The number of hydrogen-bond donors (Lipinski definition) is 0. The summed E-state index contributed by atoms with van der Waals surface area (Å²) in [6.07, 6.45) is 0. The average Bonchev–Trinajstić information content (AvgIpc) is 2.26. The van der Waals surface area contributed by atoms with Crippen LogP contribution in [0.2, 0.25) is 0 Å². The van der Waals surface area contributed by atoms with E-state index in [-0.39, 0.29) is 11.7 Å². The van der Waals surface area contributed by atoms with Gasteiger partial charge in [0, 0.05) is 26.6 Å². The quantitative estimate of drug-likeness (QED) is 0.592. The van der Waals surface area contributed by atoms with Gasteiger partial charge >= 0.3 is 5.82 Å². The lowest BCUT2D eigenvalue weighted by atomic mass is 10.1. The number of nitrogens with zero attached hydrogens (tertiary/aromatic N) is 3. The Kier molecular flexibility index (Phi) is 3.77. The Balaban J connectivity index is 3.27. The van der Waals surface area contributed by atoms with Crippen LogP contribution in [0.3, 0.4) is 0 Å². The molecule has 1 aromatic heterocycles. The predicted octanol–water partition coefficient (Wildman–Crippen LogP) is 1.70. The zero-order chi connectivity index (χ0) is 13.2. The second-order valence-electron chi connectivity index (χ2n) is 3.83. The summed E-state index contributed by atoms with van der Waals surface area (Å²) in [6.45, 7) is 5.73. The fourth-order valence-electron chi connectivity index (χ4n) is 1.56. The molecule has 0 unspecified atom stereocenters. The van der Waals surface area contributed by atoms with Crippen LogP contribution < -0.4 is 0 Å². The van der Waals surface area contributed by atoms with Gasteiger partial charge in [0.15, 0.2) is 5.69 Å². The Morgan fingerprint density at radius 2 is 2.12 bits per heavy atom. The fourth-order valence-corrected chi connectivity index (χ4v) is 1.56. The summed E-state index contributed by atoms with van der Waals surface area (Å²) in [6, 6.07) is 1.32. The average molecular weight is 237 g/mol. The molecule has 0 bridgehead atoms. The van der Waals surface area contributed by atoms with Crippen LogP contribution in [-0.4, -0.2) is 34.3 Å². The summed E-state index contributed by atoms with van der Waals surface area (Å²) in [5.74, 6) is -0.388. The van der Waals surface area contributed by atoms with Crippen LogP contribution in [0.5, 0.6) is 0 Å². The Hall–Kier alpha value is -1.98. The first-order chi connectivity index (χ1) is 7.88. The number of nitro groups is 1. The molecular weight excluding hydrogens is 222 g/mol. The molecule has 92 valence electrons. The molecule has 6 heteroatoms. The van der Waals surface area contributed by atoms with E-state index in [1.54, 1.807) is 25.8 Å². The second-order valence-corrected chi connectivity index (χ2v) is 3.83. The first-order valence-corrected chi connectivity index (χ1v) is 5.26. The number of aryl methyl sites for hydroxylation is 2. The number of amides is 1. The fraction of sp³-hybridized carbons (Fsp3) is 0.455. The Morgan fingerprint density at radius 1 is 1.53 bits per heavy atom. The van der Waals surface area contributed by atoms with Gasteiger partial charge in [-0.15, -0.1) is 0 Å². The summed E-state index contributed by atoms with van der Waals surface area (Å²) < 4.78 is 0. The van der Waals surface area contributed by atoms with E-state index in [9.17, 15) is 14.9 Å². The van der Waals surface area contributed by atoms with Gasteiger partial charge in [-0.2, -0.15) is 0 Å². The predicted molar refractivity (Wildman–Crippen MR) is 63.0 cm³/mol. The first kappa shape index (κ1) is 13.1. The number of carbonyl (C=O) groups excluding carboxylic acids is 1. The Labute approximate surface area is 99.4 Å². The van der Waals surface area contributed by atoms with E-state index in [4.69, 9.17) is 0 Å². The van der Waals surface area contributed by atoms with Gasteiger partial charge in [-0.25, -0.2) is 0 Å². The molecule has 17 heavy (non-hydrogen) atoms. The van der Waals surface area contributed by atoms with E-state index in [0.29, 0.717) is 23.4 Å². The van der Waals surface area contributed by atoms with Crippen LogP contribution in [0.4, 0.5) is 5.82 Å². The summed E-state index contributed by atoms with van der Waals surface area (Å²) in [5.41, 5.74) is 1.41. The molecule has 0 aliphatic heterocycles. The lowest BCUT2D eigenvalue weighted by Gasteiger charge is -2.15. The maximum absolute atomic E-state index is 12.0. The minimum atomic E-state index is -0.558. The monoisotopic (exact) mass is 237 g/mol. The third-order valence-corrected chi connectivity index (χ3v) is 2.61. The highest BCUT2D eigenvalue weighted by Gasteiger charge is 2.22. The van der Waals surface area contributed by atoms with Gasteiger partial charge in [0.05, 0.1) is 5.56 Å². The Morgan fingerprint density at radius 3 is 2.53 bits per heavy atom. The SMILES string of the molecule is CCN(C)C(=O)c1c(C)cc([N+](=O)[O-])nc1C. The van der Waals surface area contributed by atoms with Crippen molar-refractivity contribution >= 4 is 11.7 Å². The molecule has 1 aromatic rings. The van der Waals surface area contributed by atoms with E-state index >= 15 is 0 Å². The third kappa shape index (κ3) is 2.58. The van der Waals surface area contributed by atoms with E-state index < -0.39 is 4.92 Å². The highest BCUT2D eigenvalue weighted by Crippen LogP contribution is 2.19. The Bertz CT molecular complexity index is 448. The normalized spacial score (nSPS) is 10.1. The molecule has 0 fully saturated rings. The highest BCUT2D eigenvalue weighted by atomic mass is 16.6. The van der Waals surface area contributed by atoms with Gasteiger partial charge in [-0.3, -0.25) is 4.79 Å². The number of rotatable bonds is 3. The molecule has 0 spiro atoms. The topological polar surface area (TPSA) is 76.3 Å². The number of carbonyl (C=O) groups is 1. The summed E-state index contributed by atoms with van der Waals surface area (Å²) in [5, 5.41) is 10.6. The van der Waals surface area contributed by atoms with Gasteiger partial charge in [0.2, 0.25) is 0 Å². The standard InChI is InChI=1S/C11H15N3O3/c1-5-13(4)11(15)10-7(2)6-9(14(16)17)12-8(10)3/h6H,5H2,1-4H3. The van der Waals surface area contributed by atoms with Crippen molar-refractivity contribution in [2.24, 2.45) is 0 Å². The van der Waals surface area contributed by atoms with E-state index in [0.717, 1.165) is 0 Å². The van der Waals surface area contributed by atoms with Crippen LogP contribution in [0.25, 0.3) is 0 Å². The van der Waals surface area contributed by atoms with Crippen LogP contribution in [-0.2, 0) is 0 Å². The van der Waals surface area contributed by atoms with Gasteiger partial charge in [0.1, 0.15) is 0 Å². The number of aromatic nitrogens is 1. The van der Waals surface area contributed by atoms with E-state index in [1.165, 1.54) is 6.07 Å². The van der Waals surface area contributed by atoms with Crippen LogP contribution >= 0.6 is 0 Å². The molecule has 0 aliphatic rings. The van der Waals surface area contributed by atoms with Crippen LogP contribution in [0.1, 0.15) is 28.5 Å². The van der Waals surface area contributed by atoms with Gasteiger partial charge < -0.3 is 15.0 Å². The molecular formula is C11H15N3O3. The van der Waals surface area contributed by atoms with Crippen molar-refractivity contribution in [3.05, 3.63) is 33.0 Å². The van der Waals surface area contributed by atoms with Crippen molar-refractivity contribution < 1.29 is 9.72 Å². The number of hydrogen-bond acceptors (Lipinski definition) is 4. The molecule has 0 saturated carbocycles. The second kappa shape index (κ2) is 4.90. The molecule has 1 amide bonds.